The molecule has 2 fully saturated rings. The van der Waals surface area contributed by atoms with E-state index in [0.717, 1.165) is 11.1 Å². The van der Waals surface area contributed by atoms with Crippen molar-refractivity contribution in [2.75, 3.05) is 39.3 Å². The van der Waals surface area contributed by atoms with Crippen molar-refractivity contribution in [3.05, 3.63) is 52.4 Å². The van der Waals surface area contributed by atoms with Crippen molar-refractivity contribution in [1.82, 2.24) is 14.7 Å². The molecule has 0 saturated carbocycles. The Hall–Kier alpha value is -2.65. The highest BCUT2D eigenvalue weighted by molar-refractivity contribution is 8.26. The maximum absolute atomic E-state index is 12.8. The SMILES string of the molecule is CCOC(=O)N1CCN(C(=O)CCN2C(=O)/C(=C/C(C)=C\c3ccccc3)SC2=S)CC1. The maximum atomic E-state index is 12.8. The molecule has 1 aromatic rings. The highest BCUT2D eigenvalue weighted by Crippen LogP contribution is 2.32. The van der Waals surface area contributed by atoms with Gasteiger partial charge in [-0.15, -0.1) is 0 Å². The van der Waals surface area contributed by atoms with E-state index in [0.29, 0.717) is 42.0 Å². The average Bonchev–Trinajstić information content (AvgIpc) is 3.05. The number of carbonyl (C=O) groups excluding carboxylic acids is 3. The van der Waals surface area contributed by atoms with Crippen molar-refractivity contribution >= 4 is 52.3 Å². The third-order valence-corrected chi connectivity index (χ3v) is 6.51. The van der Waals surface area contributed by atoms with Gasteiger partial charge in [0.05, 0.1) is 11.5 Å². The van der Waals surface area contributed by atoms with E-state index in [1.165, 1.54) is 16.7 Å². The molecule has 2 saturated heterocycles. The molecular weight excluding hydrogens is 446 g/mol. The van der Waals surface area contributed by atoms with Gasteiger partial charge in [0.15, 0.2) is 0 Å². The van der Waals surface area contributed by atoms with Gasteiger partial charge in [0.2, 0.25) is 5.91 Å². The molecule has 0 N–H and O–H groups in total. The molecule has 1 aromatic carbocycles. The van der Waals surface area contributed by atoms with Crippen LogP contribution in [0.15, 0.2) is 46.9 Å². The molecule has 2 heterocycles. The van der Waals surface area contributed by atoms with Gasteiger partial charge in [-0.05, 0) is 31.1 Å². The fraction of sp³-hybridized carbons (Fsp3) is 0.391. The van der Waals surface area contributed by atoms with Crippen molar-refractivity contribution in [3.8, 4) is 0 Å². The van der Waals surface area contributed by atoms with E-state index in [2.05, 4.69) is 0 Å². The number of nitrogens with zero attached hydrogens (tertiary/aromatic N) is 3. The zero-order valence-corrected chi connectivity index (χ0v) is 19.9. The van der Waals surface area contributed by atoms with E-state index in [9.17, 15) is 14.4 Å². The minimum absolute atomic E-state index is 0.0494. The van der Waals surface area contributed by atoms with Crippen LogP contribution in [-0.4, -0.2) is 76.3 Å². The number of thioether (sulfide) groups is 1. The Labute approximate surface area is 198 Å². The van der Waals surface area contributed by atoms with Gasteiger partial charge >= 0.3 is 6.09 Å². The molecule has 2 aliphatic rings. The van der Waals surface area contributed by atoms with Crippen LogP contribution in [0, 0.1) is 0 Å². The van der Waals surface area contributed by atoms with E-state index in [-0.39, 0.29) is 30.9 Å². The first-order valence-corrected chi connectivity index (χ1v) is 11.8. The molecule has 170 valence electrons. The van der Waals surface area contributed by atoms with Crippen LogP contribution in [0.1, 0.15) is 25.8 Å². The van der Waals surface area contributed by atoms with Crippen LogP contribution in [0.4, 0.5) is 4.79 Å². The first-order valence-electron chi connectivity index (χ1n) is 10.6. The van der Waals surface area contributed by atoms with Crippen molar-refractivity contribution in [3.63, 3.8) is 0 Å². The normalized spacial score (nSPS) is 18.5. The van der Waals surface area contributed by atoms with Crippen molar-refractivity contribution in [2.24, 2.45) is 0 Å². The molecule has 2 aliphatic heterocycles. The second-order valence-corrected chi connectivity index (χ2v) is 9.12. The Morgan fingerprint density at radius 1 is 1.12 bits per heavy atom. The number of ether oxygens (including phenoxy) is 1. The summed E-state index contributed by atoms with van der Waals surface area (Å²) in [6, 6.07) is 9.89. The molecule has 0 aliphatic carbocycles. The molecular formula is C23H27N3O4S2. The summed E-state index contributed by atoms with van der Waals surface area (Å²) in [6.45, 7) is 6.10. The Balaban J connectivity index is 1.52. The Morgan fingerprint density at radius 2 is 1.78 bits per heavy atom. The lowest BCUT2D eigenvalue weighted by Gasteiger charge is -2.34. The number of carbonyl (C=O) groups is 3. The molecule has 7 nitrogen and oxygen atoms in total. The molecule has 0 unspecified atom stereocenters. The molecule has 0 radical (unpaired) electrons. The predicted octanol–water partition coefficient (Wildman–Crippen LogP) is 3.52. The van der Waals surface area contributed by atoms with Crippen LogP contribution in [-0.2, 0) is 14.3 Å². The minimum Gasteiger partial charge on any atom is -0.450 e. The minimum atomic E-state index is -0.347. The lowest BCUT2D eigenvalue weighted by Crippen LogP contribution is -2.51. The number of rotatable bonds is 6. The maximum Gasteiger partial charge on any atom is 0.409 e. The van der Waals surface area contributed by atoms with E-state index in [1.807, 2.05) is 49.4 Å². The zero-order valence-electron chi connectivity index (χ0n) is 18.3. The molecule has 3 amide bonds. The van der Waals surface area contributed by atoms with E-state index in [1.54, 1.807) is 16.7 Å². The highest BCUT2D eigenvalue weighted by atomic mass is 32.2. The number of amides is 3. The van der Waals surface area contributed by atoms with Gasteiger partial charge in [0.25, 0.3) is 5.91 Å². The quantitative estimate of drug-likeness (QED) is 0.465. The summed E-state index contributed by atoms with van der Waals surface area (Å²) < 4.78 is 5.47. The summed E-state index contributed by atoms with van der Waals surface area (Å²) >= 11 is 6.64. The largest absolute Gasteiger partial charge is 0.450 e. The molecule has 0 atom stereocenters. The zero-order chi connectivity index (χ0) is 23.1. The van der Waals surface area contributed by atoms with Gasteiger partial charge in [-0.1, -0.05) is 60.4 Å². The van der Waals surface area contributed by atoms with Crippen molar-refractivity contribution < 1.29 is 19.1 Å². The summed E-state index contributed by atoms with van der Waals surface area (Å²) in [4.78, 5) is 42.6. The van der Waals surface area contributed by atoms with Crippen LogP contribution < -0.4 is 0 Å². The lowest BCUT2D eigenvalue weighted by atomic mass is 10.1. The highest BCUT2D eigenvalue weighted by Gasteiger charge is 2.33. The number of hydrogen-bond donors (Lipinski definition) is 0. The number of hydrogen-bond acceptors (Lipinski definition) is 6. The van der Waals surface area contributed by atoms with E-state index in [4.69, 9.17) is 17.0 Å². The number of thiocarbonyl (C=S) groups is 1. The third-order valence-electron chi connectivity index (χ3n) is 5.13. The fourth-order valence-corrected chi connectivity index (χ4v) is 4.83. The molecule has 0 spiro atoms. The van der Waals surface area contributed by atoms with Crippen LogP contribution in [0.3, 0.4) is 0 Å². The number of benzene rings is 1. The standard InChI is InChI=1S/C23H27N3O4S2/c1-3-30-22(29)25-13-11-24(12-14-25)20(27)9-10-26-21(28)19(32-23(26)31)16-17(2)15-18-7-5-4-6-8-18/h4-8,15-16H,3,9-14H2,1-2H3/b17-15-,19-16-. The average molecular weight is 474 g/mol. The summed E-state index contributed by atoms with van der Waals surface area (Å²) in [5.74, 6) is -0.215. The smallest absolute Gasteiger partial charge is 0.409 e. The van der Waals surface area contributed by atoms with E-state index < -0.39 is 0 Å². The first kappa shape index (κ1) is 24.0. The third kappa shape index (κ3) is 6.20. The van der Waals surface area contributed by atoms with Gasteiger partial charge in [0, 0.05) is 39.1 Å². The molecule has 0 aromatic heterocycles. The molecule has 3 rings (SSSR count). The van der Waals surface area contributed by atoms with Crippen LogP contribution in [0.25, 0.3) is 6.08 Å². The van der Waals surface area contributed by atoms with Crippen LogP contribution >= 0.6 is 24.0 Å². The van der Waals surface area contributed by atoms with Crippen LogP contribution in [0.5, 0.6) is 0 Å². The van der Waals surface area contributed by atoms with Gasteiger partial charge < -0.3 is 14.5 Å². The van der Waals surface area contributed by atoms with Crippen molar-refractivity contribution in [2.45, 2.75) is 20.3 Å². The number of piperazine rings is 1. The topological polar surface area (TPSA) is 70.2 Å². The van der Waals surface area contributed by atoms with E-state index >= 15 is 0 Å². The van der Waals surface area contributed by atoms with Gasteiger partial charge in [-0.2, -0.15) is 0 Å². The predicted molar refractivity (Wildman–Crippen MR) is 130 cm³/mol. The Morgan fingerprint density at radius 3 is 2.44 bits per heavy atom. The fourth-order valence-electron chi connectivity index (χ4n) is 3.47. The molecule has 0 bridgehead atoms. The number of allylic oxidation sites excluding steroid dienone is 2. The summed E-state index contributed by atoms with van der Waals surface area (Å²) in [7, 11) is 0. The molecule has 32 heavy (non-hydrogen) atoms. The second-order valence-electron chi connectivity index (χ2n) is 7.45. The van der Waals surface area contributed by atoms with Crippen LogP contribution in [0.2, 0.25) is 0 Å². The van der Waals surface area contributed by atoms with Crippen molar-refractivity contribution in [1.29, 1.82) is 0 Å². The second kappa shape index (κ2) is 11.3. The lowest BCUT2D eigenvalue weighted by molar-refractivity contribution is -0.133. The van der Waals surface area contributed by atoms with Gasteiger partial charge in [-0.25, -0.2) is 4.79 Å². The summed E-state index contributed by atoms with van der Waals surface area (Å²) in [5, 5.41) is 0. The molecule has 9 heteroatoms. The summed E-state index contributed by atoms with van der Waals surface area (Å²) in [5.41, 5.74) is 2.01. The van der Waals surface area contributed by atoms with Gasteiger partial charge in [-0.3, -0.25) is 14.5 Å². The Bertz CT molecular complexity index is 938. The summed E-state index contributed by atoms with van der Waals surface area (Å²) in [6.07, 6.45) is 3.69. The first-order chi connectivity index (χ1) is 15.4. The monoisotopic (exact) mass is 473 g/mol. The Kier molecular flexibility index (Phi) is 8.46. The van der Waals surface area contributed by atoms with Gasteiger partial charge in [0.1, 0.15) is 4.32 Å².